The maximum absolute atomic E-state index is 13.5. The van der Waals surface area contributed by atoms with Crippen LogP contribution in [0.15, 0.2) is 36.5 Å². The van der Waals surface area contributed by atoms with Crippen molar-refractivity contribution in [2.45, 2.75) is 6.61 Å². The molecule has 1 aromatic carbocycles. The number of rotatable bonds is 2. The molecule has 1 heterocycles. The number of benzene rings is 1. The second-order valence-electron chi connectivity index (χ2n) is 3.30. The fourth-order valence-electron chi connectivity index (χ4n) is 1.52. The van der Waals surface area contributed by atoms with Crippen molar-refractivity contribution in [3.8, 4) is 11.1 Å². The van der Waals surface area contributed by atoms with Crippen LogP contribution in [-0.4, -0.2) is 10.1 Å². The third kappa shape index (κ3) is 2.05. The summed E-state index contributed by atoms with van der Waals surface area (Å²) in [5.41, 5.74) is 1.53. The van der Waals surface area contributed by atoms with Crippen molar-refractivity contribution >= 4 is 11.6 Å². The van der Waals surface area contributed by atoms with Crippen LogP contribution in [-0.2, 0) is 6.61 Å². The first-order chi connectivity index (χ1) is 7.72. The van der Waals surface area contributed by atoms with Crippen LogP contribution >= 0.6 is 11.6 Å². The third-order valence-electron chi connectivity index (χ3n) is 2.29. The molecule has 2 rings (SSSR count). The van der Waals surface area contributed by atoms with Gasteiger partial charge in [-0.25, -0.2) is 9.37 Å². The molecule has 82 valence electrons. The Labute approximate surface area is 97.3 Å². The highest BCUT2D eigenvalue weighted by Gasteiger charge is 2.09. The molecular weight excluding hydrogens is 229 g/mol. The van der Waals surface area contributed by atoms with Gasteiger partial charge in [0.2, 0.25) is 0 Å². The van der Waals surface area contributed by atoms with E-state index in [2.05, 4.69) is 4.98 Å². The van der Waals surface area contributed by atoms with Crippen molar-refractivity contribution in [3.63, 3.8) is 0 Å². The highest BCUT2D eigenvalue weighted by molar-refractivity contribution is 6.29. The molecule has 0 fully saturated rings. The molecule has 2 nitrogen and oxygen atoms in total. The highest BCUT2D eigenvalue weighted by Crippen LogP contribution is 2.27. The molecule has 4 heteroatoms. The molecule has 0 saturated heterocycles. The first-order valence-corrected chi connectivity index (χ1v) is 5.10. The number of nitrogens with zero attached hydrogens (tertiary/aromatic N) is 1. The Morgan fingerprint density at radius 2 is 2.00 bits per heavy atom. The number of pyridine rings is 1. The minimum Gasteiger partial charge on any atom is -0.392 e. The Morgan fingerprint density at radius 3 is 2.69 bits per heavy atom. The molecule has 0 radical (unpaired) electrons. The SMILES string of the molecule is OCc1cc(Cl)ncc1-c1ccccc1F. The summed E-state index contributed by atoms with van der Waals surface area (Å²) in [5, 5.41) is 9.47. The van der Waals surface area contributed by atoms with Crippen LogP contribution in [0.4, 0.5) is 4.39 Å². The Balaban J connectivity index is 2.60. The largest absolute Gasteiger partial charge is 0.392 e. The maximum atomic E-state index is 13.5. The normalized spacial score (nSPS) is 10.4. The van der Waals surface area contributed by atoms with Gasteiger partial charge in [-0.2, -0.15) is 0 Å². The monoisotopic (exact) mass is 237 g/mol. The van der Waals surface area contributed by atoms with Gasteiger partial charge < -0.3 is 5.11 Å². The van der Waals surface area contributed by atoms with E-state index in [0.29, 0.717) is 16.7 Å². The van der Waals surface area contributed by atoms with E-state index >= 15 is 0 Å². The van der Waals surface area contributed by atoms with Crippen molar-refractivity contribution in [2.24, 2.45) is 0 Å². The number of hydrogen-bond acceptors (Lipinski definition) is 2. The Kier molecular flexibility index (Phi) is 3.17. The molecule has 0 unspecified atom stereocenters. The summed E-state index contributed by atoms with van der Waals surface area (Å²) in [5.74, 6) is -0.346. The van der Waals surface area contributed by atoms with Crippen molar-refractivity contribution in [1.29, 1.82) is 0 Å². The zero-order chi connectivity index (χ0) is 11.5. The van der Waals surface area contributed by atoms with Crippen molar-refractivity contribution in [2.75, 3.05) is 0 Å². The standard InChI is InChI=1S/C12H9ClFNO/c13-12-5-8(7-16)10(6-15-12)9-3-1-2-4-11(9)14/h1-6,16H,7H2. The van der Waals surface area contributed by atoms with Crippen LogP contribution in [0.25, 0.3) is 11.1 Å². The van der Waals surface area contributed by atoms with Crippen LogP contribution in [0.3, 0.4) is 0 Å². The Bertz CT molecular complexity index is 516. The van der Waals surface area contributed by atoms with Gasteiger partial charge in [-0.3, -0.25) is 0 Å². The van der Waals surface area contributed by atoms with Crippen LogP contribution < -0.4 is 0 Å². The fourth-order valence-corrected chi connectivity index (χ4v) is 1.70. The van der Waals surface area contributed by atoms with Gasteiger partial charge in [0.15, 0.2) is 0 Å². The third-order valence-corrected chi connectivity index (χ3v) is 2.50. The minimum absolute atomic E-state index is 0.202. The van der Waals surface area contributed by atoms with Gasteiger partial charge in [-0.1, -0.05) is 29.8 Å². The first kappa shape index (κ1) is 11.0. The summed E-state index contributed by atoms with van der Waals surface area (Å²) in [7, 11) is 0. The summed E-state index contributed by atoms with van der Waals surface area (Å²) in [6.07, 6.45) is 1.46. The van der Waals surface area contributed by atoms with Crippen LogP contribution in [0.2, 0.25) is 5.15 Å². The molecule has 0 aliphatic carbocycles. The zero-order valence-electron chi connectivity index (χ0n) is 8.32. The number of aromatic nitrogens is 1. The average molecular weight is 238 g/mol. The van der Waals surface area contributed by atoms with Gasteiger partial charge in [0.25, 0.3) is 0 Å². The lowest BCUT2D eigenvalue weighted by atomic mass is 10.0. The molecule has 0 atom stereocenters. The Hall–Kier alpha value is -1.45. The number of aliphatic hydroxyl groups is 1. The summed E-state index contributed by atoms with van der Waals surface area (Å²) in [6.45, 7) is -0.202. The molecule has 1 aromatic heterocycles. The molecule has 0 spiro atoms. The summed E-state index contributed by atoms with van der Waals surface area (Å²) in [4.78, 5) is 3.89. The van der Waals surface area contributed by atoms with Gasteiger partial charge in [0.05, 0.1) is 6.61 Å². The summed E-state index contributed by atoms with van der Waals surface area (Å²) in [6, 6.07) is 7.88. The molecule has 0 amide bonds. The highest BCUT2D eigenvalue weighted by atomic mass is 35.5. The predicted molar refractivity (Wildman–Crippen MR) is 60.6 cm³/mol. The number of halogens is 2. The van der Waals surface area contributed by atoms with Gasteiger partial charge in [-0.15, -0.1) is 0 Å². The first-order valence-electron chi connectivity index (χ1n) is 4.72. The van der Waals surface area contributed by atoms with Gasteiger partial charge in [0, 0.05) is 17.3 Å². The van der Waals surface area contributed by atoms with Gasteiger partial charge in [-0.05, 0) is 17.7 Å². The van der Waals surface area contributed by atoms with E-state index in [1.54, 1.807) is 18.2 Å². The van der Waals surface area contributed by atoms with E-state index in [9.17, 15) is 9.50 Å². The average Bonchev–Trinajstić information content (AvgIpc) is 2.30. The lowest BCUT2D eigenvalue weighted by Gasteiger charge is -2.08. The molecule has 16 heavy (non-hydrogen) atoms. The quantitative estimate of drug-likeness (QED) is 0.815. The van der Waals surface area contributed by atoms with Crippen molar-refractivity contribution in [1.82, 2.24) is 4.98 Å². The molecule has 1 N–H and O–H groups in total. The van der Waals surface area contributed by atoms with Crippen LogP contribution in [0.1, 0.15) is 5.56 Å². The summed E-state index contributed by atoms with van der Waals surface area (Å²) < 4.78 is 13.5. The van der Waals surface area contributed by atoms with Crippen molar-refractivity contribution in [3.05, 3.63) is 53.1 Å². The second kappa shape index (κ2) is 4.60. The minimum atomic E-state index is -0.346. The molecular formula is C12H9ClFNO. The lowest BCUT2D eigenvalue weighted by molar-refractivity contribution is 0.282. The maximum Gasteiger partial charge on any atom is 0.131 e. The lowest BCUT2D eigenvalue weighted by Crippen LogP contribution is -1.93. The molecule has 0 aliphatic heterocycles. The van der Waals surface area contributed by atoms with Crippen LogP contribution in [0, 0.1) is 5.82 Å². The molecule has 0 aliphatic rings. The van der Waals surface area contributed by atoms with E-state index in [4.69, 9.17) is 11.6 Å². The predicted octanol–water partition coefficient (Wildman–Crippen LogP) is 3.03. The summed E-state index contributed by atoms with van der Waals surface area (Å²) >= 11 is 5.71. The zero-order valence-corrected chi connectivity index (χ0v) is 9.08. The molecule has 2 aromatic rings. The Morgan fingerprint density at radius 1 is 1.25 bits per heavy atom. The van der Waals surface area contributed by atoms with E-state index in [-0.39, 0.29) is 17.6 Å². The van der Waals surface area contributed by atoms with Crippen molar-refractivity contribution < 1.29 is 9.50 Å². The van der Waals surface area contributed by atoms with Crippen LogP contribution in [0.5, 0.6) is 0 Å². The smallest absolute Gasteiger partial charge is 0.131 e. The molecule has 0 bridgehead atoms. The van der Waals surface area contributed by atoms with E-state index in [0.717, 1.165) is 0 Å². The van der Waals surface area contributed by atoms with E-state index < -0.39 is 0 Å². The molecule has 0 saturated carbocycles. The van der Waals surface area contributed by atoms with E-state index in [1.165, 1.54) is 18.3 Å². The fraction of sp³-hybridized carbons (Fsp3) is 0.0833. The number of hydrogen-bond donors (Lipinski definition) is 1. The second-order valence-corrected chi connectivity index (χ2v) is 3.69. The van der Waals surface area contributed by atoms with E-state index in [1.807, 2.05) is 0 Å². The topological polar surface area (TPSA) is 33.1 Å². The van der Waals surface area contributed by atoms with Gasteiger partial charge in [0.1, 0.15) is 11.0 Å². The number of aliphatic hydroxyl groups excluding tert-OH is 1. The van der Waals surface area contributed by atoms with Gasteiger partial charge >= 0.3 is 0 Å².